The third kappa shape index (κ3) is 4.36. The van der Waals surface area contributed by atoms with E-state index < -0.39 is 0 Å². The van der Waals surface area contributed by atoms with Gasteiger partial charge in [-0.15, -0.1) is 0 Å². The van der Waals surface area contributed by atoms with E-state index in [9.17, 15) is 0 Å². The number of halogens is 2. The second-order valence-electron chi connectivity index (χ2n) is 5.61. The number of aryl methyl sites for hydroxylation is 1. The van der Waals surface area contributed by atoms with Crippen molar-refractivity contribution in [3.8, 4) is 5.75 Å². The molecule has 0 unspecified atom stereocenters. The zero-order valence-electron chi connectivity index (χ0n) is 14.4. The number of nitrogens with one attached hydrogen (secondary N) is 2. The van der Waals surface area contributed by atoms with Gasteiger partial charge in [-0.2, -0.15) is 4.98 Å². The van der Waals surface area contributed by atoms with Gasteiger partial charge in [0.05, 0.1) is 22.8 Å². The predicted octanol–water partition coefficient (Wildman–Crippen LogP) is 5.46. The van der Waals surface area contributed by atoms with Crippen LogP contribution in [-0.4, -0.2) is 17.1 Å². The van der Waals surface area contributed by atoms with Gasteiger partial charge in [-0.1, -0.05) is 47.5 Å². The Hall–Kier alpha value is -2.50. The highest BCUT2D eigenvalue weighted by molar-refractivity contribution is 6.39. The summed E-state index contributed by atoms with van der Waals surface area (Å²) in [6, 6.07) is 15.0. The highest BCUT2D eigenvalue weighted by atomic mass is 35.5. The molecule has 0 spiro atoms. The molecule has 0 atom stereocenters. The minimum absolute atomic E-state index is 0.501. The molecule has 1 heterocycles. The van der Waals surface area contributed by atoms with E-state index in [1.165, 1.54) is 0 Å². The number of aromatic nitrogens is 2. The largest absolute Gasteiger partial charge is 0.496 e. The van der Waals surface area contributed by atoms with E-state index in [0.717, 1.165) is 17.0 Å². The summed E-state index contributed by atoms with van der Waals surface area (Å²) >= 11 is 12.4. The lowest BCUT2D eigenvalue weighted by atomic mass is 10.2. The Labute approximate surface area is 162 Å². The van der Waals surface area contributed by atoms with Crippen molar-refractivity contribution in [1.29, 1.82) is 0 Å². The van der Waals surface area contributed by atoms with Crippen molar-refractivity contribution in [2.45, 2.75) is 13.5 Å². The minimum Gasteiger partial charge on any atom is -0.496 e. The molecule has 0 bridgehead atoms. The third-order valence-corrected chi connectivity index (χ3v) is 4.33. The van der Waals surface area contributed by atoms with Crippen LogP contribution in [0.2, 0.25) is 10.0 Å². The van der Waals surface area contributed by atoms with Gasteiger partial charge in [0.15, 0.2) is 0 Å². The number of anilines is 3. The van der Waals surface area contributed by atoms with Crippen LogP contribution >= 0.6 is 23.2 Å². The fraction of sp³-hybridized carbons (Fsp3) is 0.158. The standard InChI is InChI=1S/C19H18Cl2N4O/c1-12-10-17(24-18-14(20)7-5-8-15(18)21)25-19(23-12)22-11-13-6-3-4-9-16(13)26-2/h3-10H,11H2,1-2H3,(H2,22,23,24,25). The normalized spacial score (nSPS) is 10.5. The van der Waals surface area contributed by atoms with Gasteiger partial charge in [0.2, 0.25) is 5.95 Å². The molecule has 0 amide bonds. The van der Waals surface area contributed by atoms with Crippen molar-refractivity contribution in [1.82, 2.24) is 9.97 Å². The first-order valence-electron chi connectivity index (χ1n) is 7.99. The molecular weight excluding hydrogens is 371 g/mol. The van der Waals surface area contributed by atoms with Gasteiger partial charge in [-0.25, -0.2) is 4.98 Å². The summed E-state index contributed by atoms with van der Waals surface area (Å²) in [5.74, 6) is 1.92. The first-order valence-corrected chi connectivity index (χ1v) is 8.75. The van der Waals surface area contributed by atoms with E-state index in [1.807, 2.05) is 37.3 Å². The first kappa shape index (κ1) is 18.3. The average Bonchev–Trinajstić information content (AvgIpc) is 2.63. The third-order valence-electron chi connectivity index (χ3n) is 3.70. The van der Waals surface area contributed by atoms with Gasteiger partial charge >= 0.3 is 0 Å². The Kier molecular flexibility index (Phi) is 5.81. The van der Waals surface area contributed by atoms with E-state index in [-0.39, 0.29) is 0 Å². The Balaban J connectivity index is 1.79. The summed E-state index contributed by atoms with van der Waals surface area (Å²) in [5, 5.41) is 7.44. The lowest BCUT2D eigenvalue weighted by Gasteiger charge is -2.13. The molecular formula is C19H18Cl2N4O. The highest BCUT2D eigenvalue weighted by Gasteiger charge is 2.09. The Morgan fingerprint density at radius 3 is 2.46 bits per heavy atom. The molecule has 134 valence electrons. The lowest BCUT2D eigenvalue weighted by Crippen LogP contribution is -2.07. The van der Waals surface area contributed by atoms with Crippen LogP contribution in [0.5, 0.6) is 5.75 Å². The molecule has 0 aliphatic rings. The van der Waals surface area contributed by atoms with Crippen LogP contribution < -0.4 is 15.4 Å². The molecule has 0 aliphatic heterocycles. The quantitative estimate of drug-likeness (QED) is 0.587. The van der Waals surface area contributed by atoms with Gasteiger partial charge in [0, 0.05) is 23.9 Å². The second-order valence-corrected chi connectivity index (χ2v) is 6.42. The zero-order valence-corrected chi connectivity index (χ0v) is 15.9. The summed E-state index contributed by atoms with van der Waals surface area (Å²) in [5.41, 5.74) is 2.45. The highest BCUT2D eigenvalue weighted by Crippen LogP contribution is 2.32. The molecule has 3 rings (SSSR count). The zero-order chi connectivity index (χ0) is 18.5. The van der Waals surface area contributed by atoms with Gasteiger partial charge in [0.25, 0.3) is 0 Å². The minimum atomic E-state index is 0.501. The Morgan fingerprint density at radius 1 is 1.00 bits per heavy atom. The molecule has 0 saturated heterocycles. The average molecular weight is 389 g/mol. The van der Waals surface area contributed by atoms with Gasteiger partial charge in [0.1, 0.15) is 11.6 Å². The van der Waals surface area contributed by atoms with Gasteiger partial charge in [-0.05, 0) is 25.1 Å². The number of rotatable bonds is 6. The Bertz CT molecular complexity index is 898. The molecule has 2 N–H and O–H groups in total. The molecule has 0 aliphatic carbocycles. The van der Waals surface area contributed by atoms with Crippen LogP contribution in [0.1, 0.15) is 11.3 Å². The summed E-state index contributed by atoms with van der Waals surface area (Å²) in [4.78, 5) is 8.91. The molecule has 0 fully saturated rings. The molecule has 1 aromatic heterocycles. The van der Waals surface area contributed by atoms with E-state index in [0.29, 0.717) is 34.0 Å². The second kappa shape index (κ2) is 8.25. The van der Waals surface area contributed by atoms with Crippen molar-refractivity contribution in [2.24, 2.45) is 0 Å². The van der Waals surface area contributed by atoms with E-state index in [4.69, 9.17) is 27.9 Å². The fourth-order valence-electron chi connectivity index (χ4n) is 2.48. The van der Waals surface area contributed by atoms with Crippen molar-refractivity contribution in [2.75, 3.05) is 17.7 Å². The SMILES string of the molecule is COc1ccccc1CNc1nc(C)cc(Nc2c(Cl)cccc2Cl)n1. The van der Waals surface area contributed by atoms with Crippen LogP contribution in [0, 0.1) is 6.92 Å². The number of hydrogen-bond acceptors (Lipinski definition) is 5. The van der Waals surface area contributed by atoms with E-state index in [1.54, 1.807) is 25.3 Å². The van der Waals surface area contributed by atoms with Crippen molar-refractivity contribution < 1.29 is 4.74 Å². The summed E-state index contributed by atoms with van der Waals surface area (Å²) in [7, 11) is 1.65. The van der Waals surface area contributed by atoms with E-state index in [2.05, 4.69) is 20.6 Å². The molecule has 2 aromatic carbocycles. The molecule has 0 radical (unpaired) electrons. The fourth-order valence-corrected chi connectivity index (χ4v) is 2.97. The molecule has 3 aromatic rings. The van der Waals surface area contributed by atoms with Crippen LogP contribution in [0.4, 0.5) is 17.5 Å². The van der Waals surface area contributed by atoms with Crippen LogP contribution in [0.3, 0.4) is 0 Å². The first-order chi connectivity index (χ1) is 12.6. The van der Waals surface area contributed by atoms with Crippen molar-refractivity contribution in [3.63, 3.8) is 0 Å². The lowest BCUT2D eigenvalue weighted by molar-refractivity contribution is 0.410. The van der Waals surface area contributed by atoms with Crippen molar-refractivity contribution in [3.05, 3.63) is 69.8 Å². The number of ether oxygens (including phenoxy) is 1. The summed E-state index contributed by atoms with van der Waals surface area (Å²) < 4.78 is 5.36. The van der Waals surface area contributed by atoms with E-state index >= 15 is 0 Å². The number of hydrogen-bond donors (Lipinski definition) is 2. The molecule has 0 saturated carbocycles. The molecule has 7 heteroatoms. The number of para-hydroxylation sites is 2. The predicted molar refractivity (Wildman–Crippen MR) is 107 cm³/mol. The van der Waals surface area contributed by atoms with Crippen LogP contribution in [0.25, 0.3) is 0 Å². The monoisotopic (exact) mass is 388 g/mol. The number of methoxy groups -OCH3 is 1. The molecule has 26 heavy (non-hydrogen) atoms. The van der Waals surface area contributed by atoms with Crippen molar-refractivity contribution >= 4 is 40.7 Å². The summed E-state index contributed by atoms with van der Waals surface area (Å²) in [6.07, 6.45) is 0. The van der Waals surface area contributed by atoms with Crippen LogP contribution in [0.15, 0.2) is 48.5 Å². The number of nitrogens with zero attached hydrogens (tertiary/aromatic N) is 2. The van der Waals surface area contributed by atoms with Gasteiger partial charge < -0.3 is 15.4 Å². The number of benzene rings is 2. The maximum atomic E-state index is 6.21. The maximum Gasteiger partial charge on any atom is 0.225 e. The summed E-state index contributed by atoms with van der Waals surface area (Å²) in [6.45, 7) is 2.44. The topological polar surface area (TPSA) is 59.1 Å². The van der Waals surface area contributed by atoms with Gasteiger partial charge in [-0.3, -0.25) is 0 Å². The Morgan fingerprint density at radius 2 is 1.73 bits per heavy atom. The maximum absolute atomic E-state index is 6.21. The molecule has 5 nitrogen and oxygen atoms in total. The smallest absolute Gasteiger partial charge is 0.225 e. The van der Waals surface area contributed by atoms with Crippen LogP contribution in [-0.2, 0) is 6.54 Å².